The second-order valence-corrected chi connectivity index (χ2v) is 8.13. The van der Waals surface area contributed by atoms with Gasteiger partial charge in [0, 0.05) is 17.9 Å². The fourth-order valence-electron chi connectivity index (χ4n) is 1.37. The zero-order valence-electron chi connectivity index (χ0n) is 10.5. The van der Waals surface area contributed by atoms with Crippen LogP contribution < -0.4 is 5.32 Å². The van der Waals surface area contributed by atoms with Gasteiger partial charge in [0.15, 0.2) is 9.84 Å². The molecule has 0 saturated heterocycles. The molecule has 0 unspecified atom stereocenters. The second kappa shape index (κ2) is 5.40. The van der Waals surface area contributed by atoms with Gasteiger partial charge in [-0.2, -0.15) is 0 Å². The van der Waals surface area contributed by atoms with E-state index in [-0.39, 0.29) is 17.3 Å². The number of carbonyl (C=O) groups excluding carboxylic acids is 1. The minimum atomic E-state index is -3.49. The summed E-state index contributed by atoms with van der Waals surface area (Å²) in [5.41, 5.74) is 0. The van der Waals surface area contributed by atoms with E-state index in [2.05, 4.69) is 21.2 Å². The molecule has 0 heterocycles. The Kier molecular flexibility index (Phi) is 4.55. The highest BCUT2D eigenvalue weighted by Gasteiger charge is 2.35. The number of benzene rings is 1. The molecule has 1 aromatic carbocycles. The summed E-state index contributed by atoms with van der Waals surface area (Å²) in [4.78, 5) is 11.1. The van der Waals surface area contributed by atoms with Gasteiger partial charge < -0.3 is 5.32 Å². The molecule has 1 aromatic rings. The summed E-state index contributed by atoms with van der Waals surface area (Å²) >= 11 is 3.26. The predicted octanol–water partition coefficient (Wildman–Crippen LogP) is 2.14. The molecule has 18 heavy (non-hydrogen) atoms. The van der Waals surface area contributed by atoms with Crippen molar-refractivity contribution in [2.45, 2.75) is 30.4 Å². The fourth-order valence-corrected chi connectivity index (χ4v) is 3.02. The van der Waals surface area contributed by atoms with Crippen LogP contribution in [0.2, 0.25) is 0 Å². The summed E-state index contributed by atoms with van der Waals surface area (Å²) in [5, 5.41) is 2.55. The van der Waals surface area contributed by atoms with Crippen LogP contribution in [-0.4, -0.2) is 25.6 Å². The first-order chi connectivity index (χ1) is 8.17. The van der Waals surface area contributed by atoms with Gasteiger partial charge in [0.05, 0.1) is 9.64 Å². The Morgan fingerprint density at radius 1 is 1.28 bits per heavy atom. The maximum atomic E-state index is 12.4. The van der Waals surface area contributed by atoms with Gasteiger partial charge in [-0.1, -0.05) is 15.9 Å². The van der Waals surface area contributed by atoms with E-state index in [1.54, 1.807) is 38.1 Å². The van der Waals surface area contributed by atoms with Crippen LogP contribution in [0.4, 0.5) is 0 Å². The molecule has 1 N–H and O–H groups in total. The molecule has 1 rings (SSSR count). The standard InChI is InChI=1S/C12H16BrNO3S/c1-9(15)14-8-12(2,3)18(16,17)11-6-4-10(13)5-7-11/h4-7H,8H2,1-3H3,(H,14,15). The monoisotopic (exact) mass is 333 g/mol. The van der Waals surface area contributed by atoms with Crippen molar-refractivity contribution < 1.29 is 13.2 Å². The summed E-state index contributed by atoms with van der Waals surface area (Å²) in [6, 6.07) is 6.46. The second-order valence-electron chi connectivity index (χ2n) is 4.63. The van der Waals surface area contributed by atoms with E-state index < -0.39 is 14.6 Å². The summed E-state index contributed by atoms with van der Waals surface area (Å²) in [7, 11) is -3.49. The first kappa shape index (κ1) is 15.2. The van der Waals surface area contributed by atoms with Crippen LogP contribution in [0.15, 0.2) is 33.6 Å². The largest absolute Gasteiger partial charge is 0.355 e. The smallest absolute Gasteiger partial charge is 0.216 e. The first-order valence-electron chi connectivity index (χ1n) is 5.41. The van der Waals surface area contributed by atoms with Crippen LogP contribution in [0.3, 0.4) is 0 Å². The first-order valence-corrected chi connectivity index (χ1v) is 7.69. The van der Waals surface area contributed by atoms with Gasteiger partial charge in [-0.3, -0.25) is 4.79 Å². The van der Waals surface area contributed by atoms with Gasteiger partial charge in [0.2, 0.25) is 5.91 Å². The highest BCUT2D eigenvalue weighted by atomic mass is 79.9. The highest BCUT2D eigenvalue weighted by Crippen LogP contribution is 2.26. The maximum Gasteiger partial charge on any atom is 0.216 e. The van der Waals surface area contributed by atoms with Crippen molar-refractivity contribution in [1.82, 2.24) is 5.32 Å². The third-order valence-electron chi connectivity index (χ3n) is 2.61. The number of halogens is 1. The Hall–Kier alpha value is -0.880. The molecule has 0 aliphatic carbocycles. The molecular formula is C12H16BrNO3S. The lowest BCUT2D eigenvalue weighted by atomic mass is 10.2. The Balaban J connectivity index is 3.05. The lowest BCUT2D eigenvalue weighted by Gasteiger charge is -2.25. The zero-order chi connectivity index (χ0) is 14.0. The summed E-state index contributed by atoms with van der Waals surface area (Å²) < 4.78 is 24.6. The zero-order valence-corrected chi connectivity index (χ0v) is 12.9. The van der Waals surface area contributed by atoms with Crippen LogP contribution in [0.5, 0.6) is 0 Å². The number of amides is 1. The van der Waals surface area contributed by atoms with Gasteiger partial charge in [-0.25, -0.2) is 8.42 Å². The van der Waals surface area contributed by atoms with Gasteiger partial charge in [0.25, 0.3) is 0 Å². The molecule has 1 amide bonds. The minimum absolute atomic E-state index is 0.0841. The molecule has 0 aliphatic rings. The Morgan fingerprint density at radius 2 is 1.78 bits per heavy atom. The van der Waals surface area contributed by atoms with Crippen molar-refractivity contribution >= 4 is 31.7 Å². The number of carbonyl (C=O) groups is 1. The van der Waals surface area contributed by atoms with E-state index in [9.17, 15) is 13.2 Å². The van der Waals surface area contributed by atoms with Crippen LogP contribution in [0, 0.1) is 0 Å². The number of hydrogen-bond donors (Lipinski definition) is 1. The van der Waals surface area contributed by atoms with Crippen LogP contribution in [-0.2, 0) is 14.6 Å². The van der Waals surface area contributed by atoms with E-state index in [0.29, 0.717) is 0 Å². The van der Waals surface area contributed by atoms with Crippen LogP contribution in [0.1, 0.15) is 20.8 Å². The molecule has 0 spiro atoms. The summed E-state index contributed by atoms with van der Waals surface area (Å²) in [6.07, 6.45) is 0. The molecule has 0 fully saturated rings. The van der Waals surface area contributed by atoms with Gasteiger partial charge in [-0.05, 0) is 38.1 Å². The number of hydrogen-bond acceptors (Lipinski definition) is 3. The Labute approximate surface area is 116 Å². The predicted molar refractivity (Wildman–Crippen MR) is 74.1 cm³/mol. The van der Waals surface area contributed by atoms with E-state index >= 15 is 0 Å². The van der Waals surface area contributed by atoms with Crippen molar-refractivity contribution in [3.8, 4) is 0 Å². The fraction of sp³-hybridized carbons (Fsp3) is 0.417. The lowest BCUT2D eigenvalue weighted by Crippen LogP contribution is -2.43. The van der Waals surface area contributed by atoms with Crippen molar-refractivity contribution in [1.29, 1.82) is 0 Å². The number of nitrogens with one attached hydrogen (secondary N) is 1. The summed E-state index contributed by atoms with van der Waals surface area (Å²) in [5.74, 6) is -0.242. The third-order valence-corrected chi connectivity index (χ3v) is 5.64. The quantitative estimate of drug-likeness (QED) is 0.918. The molecule has 0 aromatic heterocycles. The van der Waals surface area contributed by atoms with Crippen LogP contribution in [0.25, 0.3) is 0 Å². The van der Waals surface area contributed by atoms with Crippen molar-refractivity contribution in [2.24, 2.45) is 0 Å². The Morgan fingerprint density at radius 3 is 2.22 bits per heavy atom. The van der Waals surface area contributed by atoms with E-state index in [4.69, 9.17) is 0 Å². The number of sulfone groups is 1. The SMILES string of the molecule is CC(=O)NCC(C)(C)S(=O)(=O)c1ccc(Br)cc1. The molecule has 4 nitrogen and oxygen atoms in total. The normalized spacial score (nSPS) is 12.2. The van der Waals surface area contributed by atoms with E-state index in [1.165, 1.54) is 6.92 Å². The van der Waals surface area contributed by atoms with E-state index in [1.807, 2.05) is 0 Å². The topological polar surface area (TPSA) is 63.2 Å². The molecule has 0 aliphatic heterocycles. The highest BCUT2D eigenvalue weighted by molar-refractivity contribution is 9.10. The van der Waals surface area contributed by atoms with Gasteiger partial charge in [0.1, 0.15) is 0 Å². The number of rotatable bonds is 4. The van der Waals surface area contributed by atoms with Crippen molar-refractivity contribution in [3.05, 3.63) is 28.7 Å². The van der Waals surface area contributed by atoms with Crippen molar-refractivity contribution in [2.75, 3.05) is 6.54 Å². The molecule has 0 atom stereocenters. The van der Waals surface area contributed by atoms with Gasteiger partial charge in [-0.15, -0.1) is 0 Å². The average molecular weight is 334 g/mol. The molecule has 0 bridgehead atoms. The molecule has 6 heteroatoms. The third kappa shape index (κ3) is 3.32. The Bertz CT molecular complexity index is 535. The summed E-state index contributed by atoms with van der Waals surface area (Å²) in [6.45, 7) is 4.64. The average Bonchev–Trinajstić information content (AvgIpc) is 2.27. The lowest BCUT2D eigenvalue weighted by molar-refractivity contribution is -0.119. The maximum absolute atomic E-state index is 12.4. The van der Waals surface area contributed by atoms with Gasteiger partial charge >= 0.3 is 0 Å². The molecular weight excluding hydrogens is 318 g/mol. The molecule has 100 valence electrons. The molecule has 0 radical (unpaired) electrons. The minimum Gasteiger partial charge on any atom is -0.355 e. The molecule has 0 saturated carbocycles. The van der Waals surface area contributed by atoms with Crippen LogP contribution >= 0.6 is 15.9 Å². The van der Waals surface area contributed by atoms with Crippen molar-refractivity contribution in [3.63, 3.8) is 0 Å². The van der Waals surface area contributed by atoms with E-state index in [0.717, 1.165) is 4.47 Å².